The number of carbonyl (C=O) groups is 1. The molecular formula is C21H22N6O. The third kappa shape index (κ3) is 3.26. The van der Waals surface area contributed by atoms with Gasteiger partial charge in [-0.1, -0.05) is 36.4 Å². The maximum absolute atomic E-state index is 12.7. The van der Waals surface area contributed by atoms with E-state index in [2.05, 4.69) is 50.7 Å². The first-order valence-electron chi connectivity index (χ1n) is 9.19. The molecule has 3 N–H and O–H groups in total. The van der Waals surface area contributed by atoms with Crippen LogP contribution in [0, 0.1) is 13.8 Å². The number of nitrogen functional groups attached to an aromatic ring is 1. The van der Waals surface area contributed by atoms with Crippen molar-refractivity contribution in [3.63, 3.8) is 0 Å². The number of hydrogen-bond donors (Lipinski definition) is 2. The summed E-state index contributed by atoms with van der Waals surface area (Å²) in [6.45, 7) is 5.75. The van der Waals surface area contributed by atoms with Gasteiger partial charge in [0.25, 0.3) is 5.78 Å². The van der Waals surface area contributed by atoms with Gasteiger partial charge in [0.15, 0.2) is 0 Å². The summed E-state index contributed by atoms with van der Waals surface area (Å²) in [6.07, 6.45) is 0.221. The minimum atomic E-state index is -0.101. The molecular weight excluding hydrogens is 352 g/mol. The second kappa shape index (κ2) is 6.92. The number of fused-ring (bicyclic) bond motifs is 2. The van der Waals surface area contributed by atoms with Gasteiger partial charge in [0.1, 0.15) is 0 Å². The van der Waals surface area contributed by atoms with Crippen LogP contribution in [0.25, 0.3) is 16.6 Å². The van der Waals surface area contributed by atoms with Gasteiger partial charge < -0.3 is 11.1 Å². The summed E-state index contributed by atoms with van der Waals surface area (Å²) < 4.78 is 1.58. The summed E-state index contributed by atoms with van der Waals surface area (Å²) in [4.78, 5) is 21.2. The van der Waals surface area contributed by atoms with Gasteiger partial charge in [-0.05, 0) is 43.2 Å². The molecule has 1 atom stereocenters. The normalized spacial score (nSPS) is 12.4. The van der Waals surface area contributed by atoms with E-state index < -0.39 is 0 Å². The zero-order valence-electron chi connectivity index (χ0n) is 16.1. The fraction of sp³-hybridized carbons (Fsp3) is 0.238. The SMILES string of the molecule is Cc1nc2nc(N)nn2c(C)c1CC(=O)NC(C)c1ccc2ccccc2c1. The lowest BCUT2D eigenvalue weighted by atomic mass is 10.0. The quantitative estimate of drug-likeness (QED) is 0.572. The highest BCUT2D eigenvalue weighted by molar-refractivity contribution is 5.84. The molecule has 0 saturated carbocycles. The first-order chi connectivity index (χ1) is 13.4. The van der Waals surface area contributed by atoms with E-state index in [-0.39, 0.29) is 24.3 Å². The van der Waals surface area contributed by atoms with Crippen LogP contribution in [0.4, 0.5) is 5.95 Å². The van der Waals surface area contributed by atoms with E-state index in [9.17, 15) is 4.79 Å². The Morgan fingerprint density at radius 2 is 1.89 bits per heavy atom. The highest BCUT2D eigenvalue weighted by Crippen LogP contribution is 2.21. The van der Waals surface area contributed by atoms with Crippen molar-refractivity contribution >= 4 is 28.4 Å². The zero-order valence-corrected chi connectivity index (χ0v) is 16.1. The topological polar surface area (TPSA) is 98.2 Å². The molecule has 0 fully saturated rings. The van der Waals surface area contributed by atoms with Gasteiger partial charge in [-0.25, -0.2) is 4.98 Å². The number of aromatic nitrogens is 4. The van der Waals surface area contributed by atoms with Crippen LogP contribution in [-0.4, -0.2) is 25.5 Å². The van der Waals surface area contributed by atoms with Crippen molar-refractivity contribution in [2.24, 2.45) is 0 Å². The second-order valence-electron chi connectivity index (χ2n) is 7.02. The van der Waals surface area contributed by atoms with E-state index >= 15 is 0 Å². The van der Waals surface area contributed by atoms with E-state index in [1.165, 1.54) is 5.39 Å². The molecule has 7 heteroatoms. The van der Waals surface area contributed by atoms with Crippen LogP contribution in [0.2, 0.25) is 0 Å². The summed E-state index contributed by atoms with van der Waals surface area (Å²) in [6, 6.07) is 14.3. The summed E-state index contributed by atoms with van der Waals surface area (Å²) in [5.41, 5.74) is 9.14. The number of anilines is 1. The highest BCUT2D eigenvalue weighted by atomic mass is 16.1. The molecule has 2 heterocycles. The number of nitrogens with one attached hydrogen (secondary N) is 1. The van der Waals surface area contributed by atoms with Crippen molar-refractivity contribution in [3.8, 4) is 0 Å². The zero-order chi connectivity index (χ0) is 19.8. The Kier molecular flexibility index (Phi) is 4.43. The molecule has 0 aliphatic heterocycles. The fourth-order valence-corrected chi connectivity index (χ4v) is 3.49. The maximum Gasteiger partial charge on any atom is 0.254 e. The van der Waals surface area contributed by atoms with Crippen LogP contribution in [0.1, 0.15) is 35.5 Å². The van der Waals surface area contributed by atoms with Crippen molar-refractivity contribution < 1.29 is 4.79 Å². The Morgan fingerprint density at radius 1 is 1.14 bits per heavy atom. The smallest absolute Gasteiger partial charge is 0.254 e. The number of rotatable bonds is 4. The van der Waals surface area contributed by atoms with E-state index in [0.29, 0.717) is 5.78 Å². The Bertz CT molecular complexity index is 1200. The monoisotopic (exact) mass is 374 g/mol. The van der Waals surface area contributed by atoms with E-state index in [1.54, 1.807) is 4.52 Å². The van der Waals surface area contributed by atoms with Gasteiger partial charge in [0.05, 0.1) is 12.5 Å². The van der Waals surface area contributed by atoms with Crippen LogP contribution in [0.3, 0.4) is 0 Å². The predicted octanol–water partition coefficient (Wildman–Crippen LogP) is 2.90. The summed E-state index contributed by atoms with van der Waals surface area (Å²) in [5, 5.41) is 9.57. The van der Waals surface area contributed by atoms with Crippen LogP contribution in [0.15, 0.2) is 42.5 Å². The van der Waals surface area contributed by atoms with Gasteiger partial charge >= 0.3 is 0 Å². The molecule has 2 aromatic heterocycles. The molecule has 4 aromatic rings. The Labute approximate surface area is 162 Å². The van der Waals surface area contributed by atoms with Gasteiger partial charge in [0, 0.05) is 17.0 Å². The molecule has 0 aliphatic carbocycles. The predicted molar refractivity (Wildman–Crippen MR) is 109 cm³/mol. The molecule has 1 unspecified atom stereocenters. The number of aryl methyl sites for hydroxylation is 2. The van der Waals surface area contributed by atoms with Crippen molar-refractivity contribution in [2.75, 3.05) is 5.73 Å². The van der Waals surface area contributed by atoms with Gasteiger partial charge in [0.2, 0.25) is 11.9 Å². The van der Waals surface area contributed by atoms with Crippen LogP contribution < -0.4 is 11.1 Å². The average Bonchev–Trinajstić information content (AvgIpc) is 3.05. The number of benzene rings is 2. The van der Waals surface area contributed by atoms with Crippen LogP contribution >= 0.6 is 0 Å². The van der Waals surface area contributed by atoms with Crippen molar-refractivity contribution in [3.05, 3.63) is 65.0 Å². The van der Waals surface area contributed by atoms with E-state index in [1.807, 2.05) is 32.9 Å². The molecule has 0 saturated heterocycles. The number of nitrogens with zero attached hydrogens (tertiary/aromatic N) is 4. The molecule has 0 aliphatic rings. The Hall–Kier alpha value is -3.48. The van der Waals surface area contributed by atoms with Crippen molar-refractivity contribution in [1.82, 2.24) is 24.9 Å². The first-order valence-corrected chi connectivity index (χ1v) is 9.19. The lowest BCUT2D eigenvalue weighted by Crippen LogP contribution is -2.29. The lowest BCUT2D eigenvalue weighted by Gasteiger charge is -2.16. The summed E-state index contributed by atoms with van der Waals surface area (Å²) in [7, 11) is 0. The molecule has 28 heavy (non-hydrogen) atoms. The minimum absolute atomic E-state index is 0.0684. The van der Waals surface area contributed by atoms with E-state index in [4.69, 9.17) is 5.73 Å². The third-order valence-corrected chi connectivity index (χ3v) is 5.05. The van der Waals surface area contributed by atoms with Crippen molar-refractivity contribution in [2.45, 2.75) is 33.2 Å². The van der Waals surface area contributed by atoms with Gasteiger partial charge in [-0.3, -0.25) is 4.79 Å². The lowest BCUT2D eigenvalue weighted by molar-refractivity contribution is -0.121. The largest absolute Gasteiger partial charge is 0.366 e. The van der Waals surface area contributed by atoms with Gasteiger partial charge in [-0.2, -0.15) is 9.50 Å². The maximum atomic E-state index is 12.7. The molecule has 0 radical (unpaired) electrons. The molecule has 0 bridgehead atoms. The standard InChI is InChI=1S/C21H22N6O/c1-12(16-9-8-15-6-4-5-7-17(15)10-16)23-19(28)11-18-13(2)24-21-25-20(22)26-27(21)14(18)3/h4-10,12H,11H2,1-3H3,(H2,22,26)(H,23,28). The fourth-order valence-electron chi connectivity index (χ4n) is 3.49. The van der Waals surface area contributed by atoms with Crippen LogP contribution in [-0.2, 0) is 11.2 Å². The molecule has 142 valence electrons. The van der Waals surface area contributed by atoms with E-state index in [0.717, 1.165) is 27.9 Å². The summed E-state index contributed by atoms with van der Waals surface area (Å²) in [5.74, 6) is 0.545. The van der Waals surface area contributed by atoms with Crippen molar-refractivity contribution in [1.29, 1.82) is 0 Å². The summed E-state index contributed by atoms with van der Waals surface area (Å²) >= 11 is 0. The number of nitrogens with two attached hydrogens (primary N) is 1. The second-order valence-corrected chi connectivity index (χ2v) is 7.02. The molecule has 4 rings (SSSR count). The highest BCUT2D eigenvalue weighted by Gasteiger charge is 2.17. The Morgan fingerprint density at radius 3 is 2.68 bits per heavy atom. The average molecular weight is 374 g/mol. The van der Waals surface area contributed by atoms with Gasteiger partial charge in [-0.15, -0.1) is 5.10 Å². The minimum Gasteiger partial charge on any atom is -0.366 e. The first kappa shape index (κ1) is 17.9. The number of carbonyl (C=O) groups excluding carboxylic acids is 1. The third-order valence-electron chi connectivity index (χ3n) is 5.05. The molecule has 0 spiro atoms. The number of amides is 1. The molecule has 7 nitrogen and oxygen atoms in total. The molecule has 2 aromatic carbocycles. The Balaban J connectivity index is 1.54. The molecule has 1 amide bonds. The number of hydrogen-bond acceptors (Lipinski definition) is 5. The van der Waals surface area contributed by atoms with Crippen LogP contribution in [0.5, 0.6) is 0 Å².